The van der Waals surface area contributed by atoms with Gasteiger partial charge in [0.05, 0.1) is 17.4 Å². The molecule has 1 amide bonds. The second-order valence-corrected chi connectivity index (χ2v) is 4.29. The third-order valence-electron chi connectivity index (χ3n) is 2.04. The van der Waals surface area contributed by atoms with Crippen molar-refractivity contribution >= 4 is 17.7 Å². The number of carbonyl (C=O) groups is 1. The number of carbonyl (C=O) groups excluding carboxylic acids is 1. The molecular formula is C12H14N2O2S. The largest absolute Gasteiger partial charge is 0.396 e. The minimum Gasteiger partial charge on any atom is -0.396 e. The number of hydrogen-bond acceptors (Lipinski definition) is 4. The summed E-state index contributed by atoms with van der Waals surface area (Å²) in [6.45, 7) is 0.512. The van der Waals surface area contributed by atoms with Crippen LogP contribution in [0.3, 0.4) is 0 Å². The number of aliphatic hydroxyl groups excluding tert-OH is 1. The zero-order valence-corrected chi connectivity index (χ0v) is 10.2. The summed E-state index contributed by atoms with van der Waals surface area (Å²) < 4.78 is 0. The van der Waals surface area contributed by atoms with E-state index in [2.05, 4.69) is 5.32 Å². The van der Waals surface area contributed by atoms with Gasteiger partial charge in [-0.05, 0) is 18.6 Å². The quantitative estimate of drug-likeness (QED) is 0.591. The molecule has 1 rings (SSSR count). The number of rotatable bonds is 6. The molecule has 0 aromatic heterocycles. The number of aliphatic hydroxyl groups is 1. The Morgan fingerprint density at radius 1 is 1.47 bits per heavy atom. The molecule has 0 radical (unpaired) electrons. The summed E-state index contributed by atoms with van der Waals surface area (Å²) in [5.74, 6) is 0.153. The van der Waals surface area contributed by atoms with Gasteiger partial charge < -0.3 is 10.4 Å². The fourth-order valence-electron chi connectivity index (χ4n) is 1.27. The first kappa shape index (κ1) is 13.6. The highest BCUT2D eigenvalue weighted by Gasteiger charge is 2.10. The van der Waals surface area contributed by atoms with Gasteiger partial charge in [0.1, 0.15) is 0 Å². The van der Waals surface area contributed by atoms with Crippen LogP contribution in [0.5, 0.6) is 0 Å². The lowest BCUT2D eigenvalue weighted by molar-refractivity contribution is 0.0948. The van der Waals surface area contributed by atoms with Crippen molar-refractivity contribution in [2.75, 3.05) is 18.9 Å². The molecule has 0 aliphatic carbocycles. The summed E-state index contributed by atoms with van der Waals surface area (Å²) in [4.78, 5) is 12.6. The normalized spacial score (nSPS) is 9.65. The molecular weight excluding hydrogens is 236 g/mol. The monoisotopic (exact) mass is 250 g/mol. The first-order valence-corrected chi connectivity index (χ1v) is 6.26. The highest BCUT2D eigenvalue weighted by atomic mass is 32.2. The molecule has 0 heterocycles. The van der Waals surface area contributed by atoms with E-state index in [1.165, 1.54) is 11.8 Å². The van der Waals surface area contributed by atoms with Gasteiger partial charge in [0, 0.05) is 18.0 Å². The average Bonchev–Trinajstić information content (AvgIpc) is 2.37. The number of thioether (sulfide) groups is 1. The van der Waals surface area contributed by atoms with Crippen LogP contribution in [0.15, 0.2) is 29.2 Å². The van der Waals surface area contributed by atoms with Crippen molar-refractivity contribution in [1.29, 1.82) is 5.26 Å². The molecule has 90 valence electrons. The van der Waals surface area contributed by atoms with Crippen molar-refractivity contribution in [3.8, 4) is 6.07 Å². The third-order valence-corrected chi connectivity index (χ3v) is 2.98. The third kappa shape index (κ3) is 4.47. The molecule has 0 saturated carbocycles. The molecule has 0 unspecified atom stereocenters. The average molecular weight is 250 g/mol. The van der Waals surface area contributed by atoms with Gasteiger partial charge in [0.2, 0.25) is 0 Å². The van der Waals surface area contributed by atoms with Gasteiger partial charge in [-0.15, -0.1) is 11.8 Å². The molecule has 17 heavy (non-hydrogen) atoms. The minimum atomic E-state index is -0.167. The minimum absolute atomic E-state index is 0.0606. The van der Waals surface area contributed by atoms with Crippen molar-refractivity contribution < 1.29 is 9.90 Å². The molecule has 0 atom stereocenters. The van der Waals surface area contributed by atoms with Crippen LogP contribution in [0.2, 0.25) is 0 Å². The Morgan fingerprint density at radius 2 is 2.24 bits per heavy atom. The van der Waals surface area contributed by atoms with Crippen LogP contribution in [0.25, 0.3) is 0 Å². The second-order valence-electron chi connectivity index (χ2n) is 3.28. The van der Waals surface area contributed by atoms with E-state index in [0.717, 1.165) is 4.90 Å². The standard InChI is InChI=1S/C12H14N2O2S/c13-6-9-17-11-5-2-1-4-10(11)12(16)14-7-3-8-15/h1-2,4-5,15H,3,7-9H2,(H,14,16). The molecule has 0 aliphatic rings. The summed E-state index contributed by atoms with van der Waals surface area (Å²) >= 11 is 1.34. The highest BCUT2D eigenvalue weighted by Crippen LogP contribution is 2.21. The Kier molecular flexibility index (Phi) is 6.15. The van der Waals surface area contributed by atoms with Crippen molar-refractivity contribution in [2.24, 2.45) is 0 Å². The van der Waals surface area contributed by atoms with E-state index >= 15 is 0 Å². The van der Waals surface area contributed by atoms with Gasteiger partial charge in [-0.3, -0.25) is 4.79 Å². The van der Waals surface area contributed by atoms with Crippen LogP contribution in [-0.2, 0) is 0 Å². The smallest absolute Gasteiger partial charge is 0.252 e. The Hall–Kier alpha value is -1.51. The topological polar surface area (TPSA) is 73.1 Å². The van der Waals surface area contributed by atoms with E-state index in [-0.39, 0.29) is 12.5 Å². The number of nitrogens with one attached hydrogen (secondary N) is 1. The van der Waals surface area contributed by atoms with Gasteiger partial charge in [-0.1, -0.05) is 12.1 Å². The number of amides is 1. The van der Waals surface area contributed by atoms with E-state index < -0.39 is 0 Å². The number of nitriles is 1. The fourth-order valence-corrected chi connectivity index (χ4v) is 1.98. The molecule has 0 aliphatic heterocycles. The lowest BCUT2D eigenvalue weighted by Gasteiger charge is -2.08. The summed E-state index contributed by atoms with van der Waals surface area (Å²) in [5.41, 5.74) is 0.575. The van der Waals surface area contributed by atoms with Crippen LogP contribution in [-0.4, -0.2) is 29.9 Å². The Labute approximate surface area is 105 Å². The summed E-state index contributed by atoms with van der Waals surface area (Å²) in [5, 5.41) is 19.9. The van der Waals surface area contributed by atoms with Crippen molar-refractivity contribution in [1.82, 2.24) is 5.32 Å². The zero-order chi connectivity index (χ0) is 12.5. The number of benzene rings is 1. The van der Waals surface area contributed by atoms with E-state index in [0.29, 0.717) is 24.3 Å². The Morgan fingerprint density at radius 3 is 2.94 bits per heavy atom. The molecule has 4 nitrogen and oxygen atoms in total. The maximum absolute atomic E-state index is 11.8. The number of hydrogen-bond donors (Lipinski definition) is 2. The highest BCUT2D eigenvalue weighted by molar-refractivity contribution is 7.99. The maximum Gasteiger partial charge on any atom is 0.252 e. The van der Waals surface area contributed by atoms with Gasteiger partial charge in [0.15, 0.2) is 0 Å². The summed E-state index contributed by atoms with van der Waals surface area (Å²) in [6.07, 6.45) is 0.541. The van der Waals surface area contributed by atoms with Gasteiger partial charge in [-0.25, -0.2) is 0 Å². The van der Waals surface area contributed by atoms with Gasteiger partial charge >= 0.3 is 0 Å². The van der Waals surface area contributed by atoms with Crippen LogP contribution >= 0.6 is 11.8 Å². The van der Waals surface area contributed by atoms with Crippen LogP contribution in [0.1, 0.15) is 16.8 Å². The van der Waals surface area contributed by atoms with E-state index in [1.54, 1.807) is 12.1 Å². The fraction of sp³-hybridized carbons (Fsp3) is 0.333. The Balaban J connectivity index is 2.68. The van der Waals surface area contributed by atoms with Crippen molar-refractivity contribution in [2.45, 2.75) is 11.3 Å². The van der Waals surface area contributed by atoms with Gasteiger partial charge in [0.25, 0.3) is 5.91 Å². The first-order valence-electron chi connectivity index (χ1n) is 5.27. The maximum atomic E-state index is 11.8. The van der Waals surface area contributed by atoms with E-state index in [4.69, 9.17) is 10.4 Å². The molecule has 0 fully saturated rings. The molecule has 1 aromatic rings. The molecule has 5 heteroatoms. The van der Waals surface area contributed by atoms with Crippen molar-refractivity contribution in [3.63, 3.8) is 0 Å². The van der Waals surface area contributed by atoms with Crippen LogP contribution < -0.4 is 5.32 Å². The van der Waals surface area contributed by atoms with Crippen LogP contribution in [0, 0.1) is 11.3 Å². The number of nitrogens with zero attached hydrogens (tertiary/aromatic N) is 1. The molecule has 0 spiro atoms. The second kappa shape index (κ2) is 7.71. The van der Waals surface area contributed by atoms with Gasteiger partial charge in [-0.2, -0.15) is 5.26 Å². The molecule has 0 bridgehead atoms. The Bertz CT molecular complexity index is 415. The predicted octanol–water partition coefficient (Wildman–Crippen LogP) is 1.41. The predicted molar refractivity (Wildman–Crippen MR) is 66.8 cm³/mol. The lowest BCUT2D eigenvalue weighted by atomic mass is 10.2. The molecule has 0 saturated heterocycles. The SMILES string of the molecule is N#CCSc1ccccc1C(=O)NCCCO. The summed E-state index contributed by atoms with van der Waals surface area (Å²) in [6, 6.07) is 9.21. The van der Waals surface area contributed by atoms with E-state index in [9.17, 15) is 4.79 Å². The molecule has 2 N–H and O–H groups in total. The summed E-state index contributed by atoms with van der Waals surface area (Å²) in [7, 11) is 0. The molecule has 1 aromatic carbocycles. The lowest BCUT2D eigenvalue weighted by Crippen LogP contribution is -2.25. The first-order chi connectivity index (χ1) is 8.29. The van der Waals surface area contributed by atoms with Crippen molar-refractivity contribution in [3.05, 3.63) is 29.8 Å². The van der Waals surface area contributed by atoms with E-state index in [1.807, 2.05) is 18.2 Å². The van der Waals surface area contributed by atoms with Crippen LogP contribution in [0.4, 0.5) is 0 Å². The zero-order valence-electron chi connectivity index (χ0n) is 9.35.